The van der Waals surface area contributed by atoms with Crippen LogP contribution in [0.5, 0.6) is 0 Å². The molecule has 0 spiro atoms. The Hall–Kier alpha value is -0.440. The third kappa shape index (κ3) is 4.38. The number of hydrogen-bond donors (Lipinski definition) is 1. The summed E-state index contributed by atoms with van der Waals surface area (Å²) in [7, 11) is 0. The third-order valence-corrected chi connectivity index (χ3v) is 3.12. The maximum atomic E-state index is 11.4. The van der Waals surface area contributed by atoms with Crippen LogP contribution in [0.4, 0.5) is 5.69 Å². The fourth-order valence-electron chi connectivity index (χ4n) is 1.33. The van der Waals surface area contributed by atoms with Crippen LogP contribution in [0.15, 0.2) is 24.3 Å². The summed E-state index contributed by atoms with van der Waals surface area (Å²) < 4.78 is -1.94. The molecule has 1 amide bonds. The molecule has 1 N–H and O–H groups in total. The van der Waals surface area contributed by atoms with Crippen LogP contribution in [0.3, 0.4) is 0 Å². The van der Waals surface area contributed by atoms with E-state index < -0.39 is 9.70 Å². The summed E-state index contributed by atoms with van der Waals surface area (Å²) in [5.41, 5.74) is 1.84. The van der Waals surface area contributed by atoms with Gasteiger partial charge in [-0.2, -0.15) is 0 Å². The predicted molar refractivity (Wildman–Crippen MR) is 74.1 cm³/mol. The molecule has 2 nitrogen and oxygen atoms in total. The summed E-state index contributed by atoms with van der Waals surface area (Å²) >= 11 is 16.4. The van der Waals surface area contributed by atoms with Crippen molar-refractivity contribution in [2.75, 3.05) is 5.32 Å². The van der Waals surface area contributed by atoms with Crippen LogP contribution in [0.2, 0.25) is 0 Å². The lowest BCUT2D eigenvalue weighted by Crippen LogP contribution is -2.26. The molecule has 0 aliphatic carbocycles. The Labute approximate surface area is 116 Å². The van der Waals surface area contributed by atoms with Gasteiger partial charge in [0.2, 0.25) is 0 Å². The largest absolute Gasteiger partial charge is 0.322 e. The fourth-order valence-corrected chi connectivity index (χ4v) is 1.47. The molecule has 0 aromatic heterocycles. The van der Waals surface area contributed by atoms with Gasteiger partial charge in [0, 0.05) is 5.69 Å². The maximum absolute atomic E-state index is 11.4. The molecule has 17 heavy (non-hydrogen) atoms. The first-order valence-corrected chi connectivity index (χ1v) is 6.46. The monoisotopic (exact) mass is 293 g/mol. The van der Waals surface area contributed by atoms with Gasteiger partial charge in [-0.15, -0.1) is 0 Å². The Bertz CT molecular complexity index is 384. The molecule has 0 saturated carbocycles. The van der Waals surface area contributed by atoms with Crippen LogP contribution >= 0.6 is 34.8 Å². The summed E-state index contributed by atoms with van der Waals surface area (Å²) in [4.78, 5) is 11.4. The highest BCUT2D eigenvalue weighted by Crippen LogP contribution is 2.28. The van der Waals surface area contributed by atoms with Crippen molar-refractivity contribution in [2.45, 2.75) is 30.0 Å². The fraction of sp³-hybridized carbons (Fsp3) is 0.417. The predicted octanol–water partition coefficient (Wildman–Crippen LogP) is 4.51. The molecule has 0 radical (unpaired) electrons. The highest BCUT2D eigenvalue weighted by Gasteiger charge is 2.30. The Morgan fingerprint density at radius 1 is 1.29 bits per heavy atom. The van der Waals surface area contributed by atoms with E-state index in [0.717, 1.165) is 6.42 Å². The Balaban J connectivity index is 2.72. The number of carbonyl (C=O) groups excluding carboxylic acids is 1. The summed E-state index contributed by atoms with van der Waals surface area (Å²) in [5, 5.41) is 2.53. The highest BCUT2D eigenvalue weighted by molar-refractivity contribution is 6.76. The molecule has 5 heteroatoms. The summed E-state index contributed by atoms with van der Waals surface area (Å²) in [6, 6.07) is 7.52. The molecule has 0 unspecified atom stereocenters. The minimum atomic E-state index is -1.94. The molecule has 94 valence electrons. The minimum absolute atomic E-state index is 0.493. The van der Waals surface area contributed by atoms with Gasteiger partial charge >= 0.3 is 0 Å². The van der Waals surface area contributed by atoms with E-state index in [0.29, 0.717) is 11.6 Å². The smallest absolute Gasteiger partial charge is 0.276 e. The zero-order chi connectivity index (χ0) is 13.1. The molecular formula is C12H14Cl3NO. The first kappa shape index (κ1) is 14.6. The summed E-state index contributed by atoms with van der Waals surface area (Å²) in [6.45, 7) is 4.28. The first-order chi connectivity index (χ1) is 7.84. The number of carbonyl (C=O) groups is 1. The van der Waals surface area contributed by atoms with E-state index in [1.165, 1.54) is 5.56 Å². The molecule has 1 aromatic carbocycles. The van der Waals surface area contributed by atoms with E-state index in [1.807, 2.05) is 12.1 Å². The van der Waals surface area contributed by atoms with E-state index in [9.17, 15) is 4.79 Å². The molecule has 0 fully saturated rings. The molecule has 0 heterocycles. The topological polar surface area (TPSA) is 29.1 Å². The molecule has 0 aliphatic rings. The number of hydrogen-bond acceptors (Lipinski definition) is 1. The van der Waals surface area contributed by atoms with Crippen molar-refractivity contribution in [1.29, 1.82) is 0 Å². The SMILES string of the molecule is CC[C@H](C)c1ccc(NC(=O)C(Cl)(Cl)Cl)cc1. The van der Waals surface area contributed by atoms with E-state index in [4.69, 9.17) is 34.8 Å². The second-order valence-electron chi connectivity index (χ2n) is 3.88. The van der Waals surface area contributed by atoms with Crippen LogP contribution in [0, 0.1) is 0 Å². The van der Waals surface area contributed by atoms with E-state index in [-0.39, 0.29) is 0 Å². The lowest BCUT2D eigenvalue weighted by atomic mass is 9.99. The lowest BCUT2D eigenvalue weighted by molar-refractivity contribution is -0.115. The second kappa shape index (κ2) is 5.94. The number of amides is 1. The quantitative estimate of drug-likeness (QED) is 0.817. The van der Waals surface area contributed by atoms with Gasteiger partial charge in [-0.05, 0) is 30.0 Å². The number of halogens is 3. The van der Waals surface area contributed by atoms with Crippen molar-refractivity contribution in [3.63, 3.8) is 0 Å². The molecule has 0 aliphatic heterocycles. The van der Waals surface area contributed by atoms with Gasteiger partial charge in [0.15, 0.2) is 0 Å². The number of nitrogens with one attached hydrogen (secondary N) is 1. The van der Waals surface area contributed by atoms with E-state index in [1.54, 1.807) is 12.1 Å². The van der Waals surface area contributed by atoms with Crippen molar-refractivity contribution in [3.05, 3.63) is 29.8 Å². The number of anilines is 1. The highest BCUT2D eigenvalue weighted by atomic mass is 35.6. The van der Waals surface area contributed by atoms with Gasteiger partial charge in [-0.25, -0.2) is 0 Å². The number of benzene rings is 1. The molecule has 1 atom stereocenters. The average molecular weight is 295 g/mol. The lowest BCUT2D eigenvalue weighted by Gasteiger charge is -2.13. The van der Waals surface area contributed by atoms with Gasteiger partial charge in [0.1, 0.15) is 0 Å². The van der Waals surface area contributed by atoms with Gasteiger partial charge in [0.05, 0.1) is 0 Å². The van der Waals surface area contributed by atoms with Crippen LogP contribution < -0.4 is 5.32 Å². The average Bonchev–Trinajstić information content (AvgIpc) is 2.27. The molecular weight excluding hydrogens is 280 g/mol. The van der Waals surface area contributed by atoms with Gasteiger partial charge < -0.3 is 5.32 Å². The van der Waals surface area contributed by atoms with Gasteiger partial charge in [0.25, 0.3) is 9.70 Å². The second-order valence-corrected chi connectivity index (χ2v) is 6.16. The molecule has 0 bridgehead atoms. The Morgan fingerprint density at radius 2 is 1.82 bits per heavy atom. The van der Waals surface area contributed by atoms with E-state index >= 15 is 0 Å². The third-order valence-electron chi connectivity index (χ3n) is 2.61. The normalized spacial score (nSPS) is 13.2. The zero-order valence-corrected chi connectivity index (χ0v) is 11.9. The molecule has 0 saturated heterocycles. The summed E-state index contributed by atoms with van der Waals surface area (Å²) in [5.74, 6) is -0.160. The minimum Gasteiger partial charge on any atom is -0.322 e. The number of alkyl halides is 3. The van der Waals surface area contributed by atoms with Gasteiger partial charge in [-0.1, -0.05) is 60.8 Å². The first-order valence-electron chi connectivity index (χ1n) is 5.32. The van der Waals surface area contributed by atoms with Crippen molar-refractivity contribution in [2.24, 2.45) is 0 Å². The Morgan fingerprint density at radius 3 is 2.24 bits per heavy atom. The van der Waals surface area contributed by atoms with Crippen LogP contribution in [-0.2, 0) is 4.79 Å². The standard InChI is InChI=1S/C12H14Cl3NO/c1-3-8(2)9-4-6-10(7-5-9)16-11(17)12(13,14)15/h4-8H,3H2,1-2H3,(H,16,17)/t8-/m0/s1. The van der Waals surface area contributed by atoms with Crippen molar-refractivity contribution >= 4 is 46.4 Å². The maximum Gasteiger partial charge on any atom is 0.276 e. The molecule has 1 aromatic rings. The Kier molecular flexibility index (Phi) is 5.11. The van der Waals surface area contributed by atoms with Crippen molar-refractivity contribution in [3.8, 4) is 0 Å². The van der Waals surface area contributed by atoms with Crippen molar-refractivity contribution < 1.29 is 4.79 Å². The summed E-state index contributed by atoms with van der Waals surface area (Å²) in [6.07, 6.45) is 1.07. The van der Waals surface area contributed by atoms with Crippen LogP contribution in [0.1, 0.15) is 31.7 Å². The van der Waals surface area contributed by atoms with Crippen molar-refractivity contribution in [1.82, 2.24) is 0 Å². The van der Waals surface area contributed by atoms with Crippen LogP contribution in [0.25, 0.3) is 0 Å². The van der Waals surface area contributed by atoms with E-state index in [2.05, 4.69) is 19.2 Å². The van der Waals surface area contributed by atoms with Gasteiger partial charge in [-0.3, -0.25) is 4.79 Å². The molecule has 1 rings (SSSR count). The van der Waals surface area contributed by atoms with Crippen LogP contribution in [-0.4, -0.2) is 9.70 Å². The number of rotatable bonds is 3. The zero-order valence-electron chi connectivity index (χ0n) is 9.64.